The van der Waals surface area contributed by atoms with Crippen LogP contribution in [0.25, 0.3) is 0 Å². The van der Waals surface area contributed by atoms with Gasteiger partial charge in [0.05, 0.1) is 10.4 Å². The number of aliphatic hydroxyl groups is 1. The molecular formula is C14H19ClOS. The van der Waals surface area contributed by atoms with Crippen molar-refractivity contribution in [1.29, 1.82) is 0 Å². The molecule has 1 aromatic rings. The van der Waals surface area contributed by atoms with Crippen molar-refractivity contribution in [2.45, 2.75) is 39.2 Å². The maximum Gasteiger partial charge on any atom is 0.0931 e. The number of halogens is 1. The highest BCUT2D eigenvalue weighted by Gasteiger charge is 2.25. The van der Waals surface area contributed by atoms with Gasteiger partial charge in [0.15, 0.2) is 0 Å². The van der Waals surface area contributed by atoms with Gasteiger partial charge in [-0.05, 0) is 43.7 Å². The molecule has 0 amide bonds. The van der Waals surface area contributed by atoms with E-state index >= 15 is 0 Å². The van der Waals surface area contributed by atoms with Crippen LogP contribution in [0.2, 0.25) is 4.34 Å². The molecular weight excluding hydrogens is 252 g/mol. The van der Waals surface area contributed by atoms with Crippen molar-refractivity contribution >= 4 is 22.9 Å². The lowest BCUT2D eigenvalue weighted by Crippen LogP contribution is -2.26. The van der Waals surface area contributed by atoms with Crippen molar-refractivity contribution in [3.05, 3.63) is 33.0 Å². The first-order chi connectivity index (χ1) is 8.04. The first kappa shape index (κ1) is 13.1. The molecule has 1 N–H and O–H groups in total. The van der Waals surface area contributed by atoms with E-state index in [0.29, 0.717) is 11.8 Å². The standard InChI is InChI=1S/C14H19ClOS/c1-9-5-10(2)7-11(6-9)13(16)8-12-3-4-14(15)17-12/h3-5,9,11,13,16H,6-8H2,1-2H3. The lowest BCUT2D eigenvalue weighted by molar-refractivity contribution is 0.0939. The molecule has 0 saturated carbocycles. The summed E-state index contributed by atoms with van der Waals surface area (Å²) in [4.78, 5) is 1.18. The molecule has 3 heteroatoms. The smallest absolute Gasteiger partial charge is 0.0931 e. The fraction of sp³-hybridized carbons (Fsp3) is 0.571. The maximum atomic E-state index is 10.3. The molecule has 17 heavy (non-hydrogen) atoms. The molecule has 1 aliphatic rings. The highest BCUT2D eigenvalue weighted by Crippen LogP contribution is 2.32. The van der Waals surface area contributed by atoms with E-state index in [1.54, 1.807) is 11.3 Å². The fourth-order valence-electron chi connectivity index (χ4n) is 2.72. The molecule has 0 aromatic carbocycles. The summed E-state index contributed by atoms with van der Waals surface area (Å²) in [6.45, 7) is 4.39. The van der Waals surface area contributed by atoms with Gasteiger partial charge in [0, 0.05) is 11.3 Å². The van der Waals surface area contributed by atoms with Gasteiger partial charge in [-0.1, -0.05) is 30.2 Å². The van der Waals surface area contributed by atoms with Crippen LogP contribution in [0.3, 0.4) is 0 Å². The van der Waals surface area contributed by atoms with Crippen LogP contribution < -0.4 is 0 Å². The van der Waals surface area contributed by atoms with Crippen LogP contribution in [0.5, 0.6) is 0 Å². The third-order valence-electron chi connectivity index (χ3n) is 3.41. The molecule has 0 fully saturated rings. The second kappa shape index (κ2) is 5.55. The third kappa shape index (κ3) is 3.57. The van der Waals surface area contributed by atoms with E-state index in [-0.39, 0.29) is 6.10 Å². The van der Waals surface area contributed by atoms with Crippen molar-refractivity contribution in [3.8, 4) is 0 Å². The Labute approximate surface area is 112 Å². The lowest BCUT2D eigenvalue weighted by Gasteiger charge is -2.29. The zero-order chi connectivity index (χ0) is 12.4. The quantitative estimate of drug-likeness (QED) is 0.812. The number of aliphatic hydroxyl groups excluding tert-OH is 1. The Bertz CT molecular complexity index is 410. The second-order valence-electron chi connectivity index (χ2n) is 5.17. The summed E-state index contributed by atoms with van der Waals surface area (Å²) in [6.07, 6.45) is 4.95. The van der Waals surface area contributed by atoms with E-state index in [9.17, 15) is 5.11 Å². The Morgan fingerprint density at radius 2 is 2.29 bits per heavy atom. The van der Waals surface area contributed by atoms with Crippen LogP contribution in [0.4, 0.5) is 0 Å². The monoisotopic (exact) mass is 270 g/mol. The molecule has 0 radical (unpaired) electrons. The predicted molar refractivity (Wildman–Crippen MR) is 74.7 cm³/mol. The van der Waals surface area contributed by atoms with Gasteiger partial charge < -0.3 is 5.11 Å². The number of hydrogen-bond acceptors (Lipinski definition) is 2. The van der Waals surface area contributed by atoms with Crippen molar-refractivity contribution < 1.29 is 5.11 Å². The summed E-state index contributed by atoms with van der Waals surface area (Å²) >= 11 is 7.48. The Kier molecular flexibility index (Phi) is 4.29. The first-order valence-electron chi connectivity index (χ1n) is 6.14. The zero-order valence-corrected chi connectivity index (χ0v) is 11.9. The maximum absolute atomic E-state index is 10.3. The van der Waals surface area contributed by atoms with E-state index in [4.69, 9.17) is 11.6 Å². The molecule has 1 nitrogen and oxygen atoms in total. The number of allylic oxidation sites excluding steroid dienone is 2. The Balaban J connectivity index is 1.96. The van der Waals surface area contributed by atoms with Crippen LogP contribution in [-0.4, -0.2) is 11.2 Å². The molecule has 2 rings (SSSR count). The molecule has 3 unspecified atom stereocenters. The Hall–Kier alpha value is -0.310. The van der Waals surface area contributed by atoms with Gasteiger partial charge in [-0.15, -0.1) is 11.3 Å². The van der Waals surface area contributed by atoms with Gasteiger partial charge in [0.1, 0.15) is 0 Å². The minimum Gasteiger partial charge on any atom is -0.392 e. The van der Waals surface area contributed by atoms with E-state index in [0.717, 1.165) is 23.6 Å². The first-order valence-corrected chi connectivity index (χ1v) is 7.33. The molecule has 1 aromatic heterocycles. The van der Waals surface area contributed by atoms with Crippen molar-refractivity contribution in [2.75, 3.05) is 0 Å². The van der Waals surface area contributed by atoms with Gasteiger partial charge in [0.25, 0.3) is 0 Å². The Morgan fingerprint density at radius 1 is 1.53 bits per heavy atom. The highest BCUT2D eigenvalue weighted by molar-refractivity contribution is 7.16. The van der Waals surface area contributed by atoms with Crippen molar-refractivity contribution in [1.82, 2.24) is 0 Å². The van der Waals surface area contributed by atoms with Gasteiger partial charge in [-0.2, -0.15) is 0 Å². The summed E-state index contributed by atoms with van der Waals surface area (Å²) in [5.74, 6) is 0.992. The normalized spacial score (nSPS) is 26.7. The van der Waals surface area contributed by atoms with Crippen molar-refractivity contribution in [2.24, 2.45) is 11.8 Å². The minimum absolute atomic E-state index is 0.240. The average Bonchev–Trinajstić information content (AvgIpc) is 2.62. The van der Waals surface area contributed by atoms with Crippen LogP contribution >= 0.6 is 22.9 Å². The topological polar surface area (TPSA) is 20.2 Å². The molecule has 0 aliphatic heterocycles. The lowest BCUT2D eigenvalue weighted by atomic mass is 9.80. The van der Waals surface area contributed by atoms with E-state index in [2.05, 4.69) is 19.9 Å². The zero-order valence-electron chi connectivity index (χ0n) is 10.3. The number of hydrogen-bond donors (Lipinski definition) is 1. The molecule has 0 spiro atoms. The largest absolute Gasteiger partial charge is 0.392 e. The highest BCUT2D eigenvalue weighted by atomic mass is 35.5. The molecule has 94 valence electrons. The van der Waals surface area contributed by atoms with Crippen LogP contribution in [-0.2, 0) is 6.42 Å². The number of thiophene rings is 1. The molecule has 1 aliphatic carbocycles. The van der Waals surface area contributed by atoms with Crippen LogP contribution in [0.1, 0.15) is 31.6 Å². The Morgan fingerprint density at radius 3 is 2.88 bits per heavy atom. The van der Waals surface area contributed by atoms with E-state index in [1.165, 1.54) is 10.5 Å². The van der Waals surface area contributed by atoms with E-state index in [1.807, 2.05) is 12.1 Å². The SMILES string of the molecule is CC1=CC(C)CC(C(O)Cc2ccc(Cl)s2)C1. The average molecular weight is 271 g/mol. The summed E-state index contributed by atoms with van der Waals surface area (Å²) in [5, 5.41) is 10.3. The minimum atomic E-state index is -0.240. The van der Waals surface area contributed by atoms with E-state index < -0.39 is 0 Å². The summed E-state index contributed by atoms with van der Waals surface area (Å²) in [6, 6.07) is 3.92. The fourth-order valence-corrected chi connectivity index (χ4v) is 3.86. The predicted octanol–water partition coefficient (Wildman–Crippen LogP) is 4.30. The summed E-state index contributed by atoms with van der Waals surface area (Å²) in [5.41, 5.74) is 1.41. The van der Waals surface area contributed by atoms with Gasteiger partial charge in [-0.25, -0.2) is 0 Å². The summed E-state index contributed by atoms with van der Waals surface area (Å²) < 4.78 is 0.806. The van der Waals surface area contributed by atoms with Gasteiger partial charge >= 0.3 is 0 Å². The van der Waals surface area contributed by atoms with Crippen molar-refractivity contribution in [3.63, 3.8) is 0 Å². The van der Waals surface area contributed by atoms with Gasteiger partial charge in [0.2, 0.25) is 0 Å². The van der Waals surface area contributed by atoms with Gasteiger partial charge in [-0.3, -0.25) is 0 Å². The number of rotatable bonds is 3. The second-order valence-corrected chi connectivity index (χ2v) is 6.97. The molecule has 0 bridgehead atoms. The molecule has 1 heterocycles. The molecule has 3 atom stereocenters. The third-order valence-corrected chi connectivity index (χ3v) is 4.66. The van der Waals surface area contributed by atoms with Crippen LogP contribution in [0, 0.1) is 11.8 Å². The van der Waals surface area contributed by atoms with Crippen LogP contribution in [0.15, 0.2) is 23.8 Å². The summed E-state index contributed by atoms with van der Waals surface area (Å²) in [7, 11) is 0. The molecule has 0 saturated heterocycles.